The molecule has 2 heterocycles. The Kier molecular flexibility index (Phi) is 5.59. The molecule has 1 atom stereocenters. The predicted molar refractivity (Wildman–Crippen MR) is 82.3 cm³/mol. The van der Waals surface area contributed by atoms with Crippen LogP contribution in [-0.4, -0.2) is 40.8 Å². The zero-order chi connectivity index (χ0) is 14.4. The number of aliphatic hydroxyl groups is 1. The summed E-state index contributed by atoms with van der Waals surface area (Å²) in [5, 5.41) is 12.6. The summed E-state index contributed by atoms with van der Waals surface area (Å²) < 4.78 is 0. The van der Waals surface area contributed by atoms with Gasteiger partial charge in [0.25, 0.3) is 0 Å². The third-order valence-electron chi connectivity index (χ3n) is 3.98. The van der Waals surface area contributed by atoms with Gasteiger partial charge < -0.3 is 15.3 Å². The van der Waals surface area contributed by atoms with Gasteiger partial charge in [-0.3, -0.25) is 0 Å². The largest absolute Gasteiger partial charge is 0.396 e. The first kappa shape index (κ1) is 15.0. The number of nitrogens with one attached hydrogen (secondary N) is 1. The van der Waals surface area contributed by atoms with E-state index < -0.39 is 0 Å². The van der Waals surface area contributed by atoms with Crippen LogP contribution in [0.25, 0.3) is 0 Å². The van der Waals surface area contributed by atoms with Crippen molar-refractivity contribution in [2.24, 2.45) is 0 Å². The summed E-state index contributed by atoms with van der Waals surface area (Å²) in [4.78, 5) is 11.3. The molecule has 2 rings (SSSR count). The van der Waals surface area contributed by atoms with Crippen LogP contribution in [0.3, 0.4) is 0 Å². The molecule has 0 amide bonds. The van der Waals surface area contributed by atoms with Gasteiger partial charge >= 0.3 is 0 Å². The van der Waals surface area contributed by atoms with E-state index in [-0.39, 0.29) is 6.61 Å². The Morgan fingerprint density at radius 1 is 1.35 bits per heavy atom. The van der Waals surface area contributed by atoms with Crippen LogP contribution in [0.15, 0.2) is 6.33 Å². The van der Waals surface area contributed by atoms with E-state index in [1.165, 1.54) is 18.4 Å². The van der Waals surface area contributed by atoms with Gasteiger partial charge in [0, 0.05) is 31.3 Å². The lowest BCUT2D eigenvalue weighted by Gasteiger charge is -2.37. The van der Waals surface area contributed by atoms with Crippen LogP contribution in [0.2, 0.25) is 0 Å². The van der Waals surface area contributed by atoms with E-state index >= 15 is 0 Å². The monoisotopic (exact) mass is 278 g/mol. The molecule has 0 aromatic carbocycles. The molecular formula is C15H26N4O. The van der Waals surface area contributed by atoms with Gasteiger partial charge in [0.15, 0.2) is 0 Å². The van der Waals surface area contributed by atoms with Gasteiger partial charge in [-0.05, 0) is 39.0 Å². The Morgan fingerprint density at radius 3 is 2.90 bits per heavy atom. The Bertz CT molecular complexity index is 422. The summed E-state index contributed by atoms with van der Waals surface area (Å²) in [6.07, 6.45) is 6.98. The molecule has 1 aromatic rings. The van der Waals surface area contributed by atoms with Crippen molar-refractivity contribution in [1.82, 2.24) is 9.97 Å². The van der Waals surface area contributed by atoms with E-state index in [2.05, 4.69) is 34.0 Å². The highest BCUT2D eigenvalue weighted by atomic mass is 16.3. The standard InChI is InChI=1S/C15H26N4O/c1-3-13-14(16-4-2)17-11-18-15(13)19-9-6-5-7-12(19)8-10-20/h11-12,20H,3-10H2,1-2H3,(H,16,17,18). The highest BCUT2D eigenvalue weighted by Crippen LogP contribution is 2.30. The maximum Gasteiger partial charge on any atom is 0.137 e. The number of nitrogens with zero attached hydrogens (tertiary/aromatic N) is 3. The molecule has 1 saturated heterocycles. The predicted octanol–water partition coefficient (Wildman–Crippen LogP) is 2.21. The normalized spacial score (nSPS) is 19.1. The Balaban J connectivity index is 2.31. The van der Waals surface area contributed by atoms with Crippen molar-refractivity contribution >= 4 is 11.6 Å². The van der Waals surface area contributed by atoms with Crippen molar-refractivity contribution in [2.45, 2.75) is 52.0 Å². The first-order valence-electron chi connectivity index (χ1n) is 7.77. The molecule has 0 aliphatic carbocycles. The molecule has 0 radical (unpaired) electrons. The van der Waals surface area contributed by atoms with Crippen molar-refractivity contribution in [3.05, 3.63) is 11.9 Å². The van der Waals surface area contributed by atoms with Crippen molar-refractivity contribution in [2.75, 3.05) is 29.9 Å². The molecule has 5 nitrogen and oxygen atoms in total. The van der Waals surface area contributed by atoms with Crippen molar-refractivity contribution in [3.8, 4) is 0 Å². The Hall–Kier alpha value is -1.36. The summed E-state index contributed by atoms with van der Waals surface area (Å²) in [6.45, 7) is 6.36. The van der Waals surface area contributed by atoms with E-state index in [1.807, 2.05) is 0 Å². The Morgan fingerprint density at radius 2 is 2.20 bits per heavy atom. The summed E-state index contributed by atoms with van der Waals surface area (Å²) in [6, 6.07) is 0.406. The number of aromatic nitrogens is 2. The molecule has 2 N–H and O–H groups in total. The van der Waals surface area contributed by atoms with Crippen molar-refractivity contribution < 1.29 is 5.11 Å². The van der Waals surface area contributed by atoms with Gasteiger partial charge in [0.05, 0.1) is 0 Å². The third kappa shape index (κ3) is 3.20. The highest BCUT2D eigenvalue weighted by Gasteiger charge is 2.25. The van der Waals surface area contributed by atoms with Crippen LogP contribution >= 0.6 is 0 Å². The minimum Gasteiger partial charge on any atom is -0.396 e. The molecule has 1 aliphatic heterocycles. The first-order chi connectivity index (χ1) is 9.81. The zero-order valence-electron chi connectivity index (χ0n) is 12.6. The number of hydrogen-bond donors (Lipinski definition) is 2. The average molecular weight is 278 g/mol. The number of aliphatic hydroxyl groups excluding tert-OH is 1. The average Bonchev–Trinajstić information content (AvgIpc) is 2.48. The van der Waals surface area contributed by atoms with Crippen LogP contribution in [0.5, 0.6) is 0 Å². The maximum absolute atomic E-state index is 9.28. The summed E-state index contributed by atoms with van der Waals surface area (Å²) in [5.74, 6) is 2.00. The van der Waals surface area contributed by atoms with Crippen LogP contribution in [-0.2, 0) is 6.42 Å². The fourth-order valence-electron chi connectivity index (χ4n) is 3.02. The van der Waals surface area contributed by atoms with Gasteiger partial charge in [-0.15, -0.1) is 0 Å². The van der Waals surface area contributed by atoms with Crippen LogP contribution < -0.4 is 10.2 Å². The number of piperidine rings is 1. The smallest absolute Gasteiger partial charge is 0.137 e. The minimum atomic E-state index is 0.244. The van der Waals surface area contributed by atoms with E-state index in [9.17, 15) is 5.11 Å². The molecule has 1 unspecified atom stereocenters. The topological polar surface area (TPSA) is 61.3 Å². The molecule has 1 fully saturated rings. The molecule has 20 heavy (non-hydrogen) atoms. The third-order valence-corrected chi connectivity index (χ3v) is 3.98. The highest BCUT2D eigenvalue weighted by molar-refractivity contribution is 5.59. The number of anilines is 2. The zero-order valence-corrected chi connectivity index (χ0v) is 12.6. The van der Waals surface area contributed by atoms with E-state index in [4.69, 9.17) is 0 Å². The van der Waals surface area contributed by atoms with E-state index in [1.54, 1.807) is 6.33 Å². The fraction of sp³-hybridized carbons (Fsp3) is 0.733. The first-order valence-corrected chi connectivity index (χ1v) is 7.77. The second kappa shape index (κ2) is 7.43. The molecule has 1 aromatic heterocycles. The summed E-state index contributed by atoms with van der Waals surface area (Å²) >= 11 is 0. The van der Waals surface area contributed by atoms with Crippen LogP contribution in [0, 0.1) is 0 Å². The summed E-state index contributed by atoms with van der Waals surface area (Å²) in [5.41, 5.74) is 1.19. The molecular weight excluding hydrogens is 252 g/mol. The van der Waals surface area contributed by atoms with Gasteiger partial charge in [-0.2, -0.15) is 0 Å². The molecule has 112 valence electrons. The second-order valence-electron chi connectivity index (χ2n) is 5.26. The van der Waals surface area contributed by atoms with Crippen molar-refractivity contribution in [1.29, 1.82) is 0 Å². The Labute approximate surface area is 121 Å². The quantitative estimate of drug-likeness (QED) is 0.835. The van der Waals surface area contributed by atoms with E-state index in [0.717, 1.165) is 44.0 Å². The van der Waals surface area contributed by atoms with Crippen LogP contribution in [0.4, 0.5) is 11.6 Å². The molecule has 5 heteroatoms. The summed E-state index contributed by atoms with van der Waals surface area (Å²) in [7, 11) is 0. The van der Waals surface area contributed by atoms with Gasteiger partial charge in [-0.25, -0.2) is 9.97 Å². The lowest BCUT2D eigenvalue weighted by Crippen LogP contribution is -2.41. The minimum absolute atomic E-state index is 0.244. The number of rotatable bonds is 6. The van der Waals surface area contributed by atoms with Crippen molar-refractivity contribution in [3.63, 3.8) is 0 Å². The molecule has 1 aliphatic rings. The maximum atomic E-state index is 9.28. The van der Waals surface area contributed by atoms with Gasteiger partial charge in [-0.1, -0.05) is 6.92 Å². The van der Waals surface area contributed by atoms with E-state index in [0.29, 0.717) is 6.04 Å². The second-order valence-corrected chi connectivity index (χ2v) is 5.26. The number of hydrogen-bond acceptors (Lipinski definition) is 5. The van der Waals surface area contributed by atoms with Gasteiger partial charge in [0.2, 0.25) is 0 Å². The lowest BCUT2D eigenvalue weighted by molar-refractivity contribution is 0.262. The molecule has 0 bridgehead atoms. The fourth-order valence-corrected chi connectivity index (χ4v) is 3.02. The van der Waals surface area contributed by atoms with Gasteiger partial charge in [0.1, 0.15) is 18.0 Å². The molecule has 0 spiro atoms. The lowest BCUT2D eigenvalue weighted by atomic mass is 9.98. The molecule has 0 saturated carbocycles. The SMILES string of the molecule is CCNc1ncnc(N2CCCCC2CCO)c1CC. The van der Waals surface area contributed by atoms with Crippen LogP contribution in [0.1, 0.15) is 45.1 Å².